The molecule has 1 aromatic rings. The molecule has 0 bridgehead atoms. The lowest BCUT2D eigenvalue weighted by molar-refractivity contribution is 0.236. The summed E-state index contributed by atoms with van der Waals surface area (Å²) in [6.07, 6.45) is 9.51. The fourth-order valence-corrected chi connectivity index (χ4v) is 3.13. The first-order valence-corrected chi connectivity index (χ1v) is 7.00. The Morgan fingerprint density at radius 2 is 2.24 bits per heavy atom. The van der Waals surface area contributed by atoms with Gasteiger partial charge in [0.1, 0.15) is 0 Å². The summed E-state index contributed by atoms with van der Waals surface area (Å²) in [6.45, 7) is 6.21. The minimum absolute atomic E-state index is 0.638. The fourth-order valence-electron chi connectivity index (χ4n) is 3.13. The second-order valence-corrected chi connectivity index (χ2v) is 5.32. The Labute approximate surface area is 104 Å². The Bertz CT molecular complexity index is 345. The molecule has 0 aliphatic heterocycles. The Balaban J connectivity index is 2.13. The topological polar surface area (TPSA) is 43.8 Å². The van der Waals surface area contributed by atoms with Crippen molar-refractivity contribution >= 4 is 0 Å². The Kier molecular flexibility index (Phi) is 4.21. The number of nitrogens with zero attached hydrogens (tertiary/aromatic N) is 2. The van der Waals surface area contributed by atoms with Crippen molar-refractivity contribution in [3.05, 3.63) is 18.0 Å². The van der Waals surface area contributed by atoms with E-state index in [4.69, 9.17) is 5.73 Å². The average Bonchev–Trinajstić information content (AvgIpc) is 2.86. The molecule has 2 rings (SSSR count). The van der Waals surface area contributed by atoms with Gasteiger partial charge in [0.2, 0.25) is 0 Å². The Morgan fingerprint density at radius 3 is 2.82 bits per heavy atom. The maximum absolute atomic E-state index is 5.93. The summed E-state index contributed by atoms with van der Waals surface area (Å²) in [5, 5.41) is 4.41. The molecule has 0 spiro atoms. The number of rotatable bonds is 4. The van der Waals surface area contributed by atoms with Crippen molar-refractivity contribution in [2.24, 2.45) is 17.6 Å². The highest BCUT2D eigenvalue weighted by Gasteiger charge is 2.30. The van der Waals surface area contributed by atoms with Crippen LogP contribution in [0.4, 0.5) is 0 Å². The van der Waals surface area contributed by atoms with E-state index < -0.39 is 0 Å². The number of hydrogen-bond acceptors (Lipinski definition) is 2. The lowest BCUT2D eigenvalue weighted by atomic mass is 9.71. The van der Waals surface area contributed by atoms with E-state index in [2.05, 4.69) is 31.3 Å². The van der Waals surface area contributed by atoms with E-state index in [1.54, 1.807) is 0 Å². The first-order valence-electron chi connectivity index (χ1n) is 7.00. The maximum Gasteiger partial charge on any atom is 0.0524 e. The van der Waals surface area contributed by atoms with E-state index in [9.17, 15) is 0 Å². The third-order valence-corrected chi connectivity index (χ3v) is 4.39. The van der Waals surface area contributed by atoms with E-state index >= 15 is 0 Å². The molecular formula is C14H25N3. The lowest BCUT2D eigenvalue weighted by Crippen LogP contribution is -2.28. The van der Waals surface area contributed by atoms with Crippen LogP contribution in [0.15, 0.2) is 12.4 Å². The molecule has 1 saturated carbocycles. The van der Waals surface area contributed by atoms with Gasteiger partial charge in [-0.05, 0) is 49.6 Å². The highest BCUT2D eigenvalue weighted by molar-refractivity contribution is 5.14. The molecule has 0 saturated heterocycles. The standard InChI is InChI=1S/C14H25N3/c1-3-11-5-6-12(8-15)14(7-11)13-9-16-17(4-2)10-13/h9-12,14H,3-8,15H2,1-2H3. The van der Waals surface area contributed by atoms with Crippen molar-refractivity contribution in [2.45, 2.75) is 52.0 Å². The van der Waals surface area contributed by atoms with Crippen molar-refractivity contribution < 1.29 is 0 Å². The van der Waals surface area contributed by atoms with Gasteiger partial charge in [-0.2, -0.15) is 5.10 Å². The second-order valence-electron chi connectivity index (χ2n) is 5.32. The van der Waals surface area contributed by atoms with Gasteiger partial charge in [-0.25, -0.2) is 0 Å². The van der Waals surface area contributed by atoms with Crippen LogP contribution in [0.3, 0.4) is 0 Å². The Morgan fingerprint density at radius 1 is 1.41 bits per heavy atom. The molecule has 3 atom stereocenters. The van der Waals surface area contributed by atoms with Crippen LogP contribution in [0, 0.1) is 11.8 Å². The third-order valence-electron chi connectivity index (χ3n) is 4.39. The van der Waals surface area contributed by atoms with E-state index in [1.807, 2.05) is 4.68 Å². The summed E-state index contributed by atoms with van der Waals surface area (Å²) in [7, 11) is 0. The zero-order chi connectivity index (χ0) is 12.3. The normalized spacial score (nSPS) is 29.5. The van der Waals surface area contributed by atoms with Crippen LogP contribution in [0.1, 0.15) is 51.0 Å². The molecule has 96 valence electrons. The number of hydrogen-bond donors (Lipinski definition) is 1. The molecule has 0 aromatic carbocycles. The van der Waals surface area contributed by atoms with Crippen LogP contribution in [0.2, 0.25) is 0 Å². The predicted octanol–water partition coefficient (Wildman–Crippen LogP) is 2.77. The van der Waals surface area contributed by atoms with E-state index in [0.29, 0.717) is 11.8 Å². The van der Waals surface area contributed by atoms with Gasteiger partial charge in [-0.3, -0.25) is 4.68 Å². The van der Waals surface area contributed by atoms with Gasteiger partial charge in [0.25, 0.3) is 0 Å². The van der Waals surface area contributed by atoms with Crippen LogP contribution in [-0.2, 0) is 6.54 Å². The highest BCUT2D eigenvalue weighted by Crippen LogP contribution is 2.41. The lowest BCUT2D eigenvalue weighted by Gasteiger charge is -2.34. The minimum atomic E-state index is 0.638. The van der Waals surface area contributed by atoms with Gasteiger partial charge in [-0.1, -0.05) is 19.8 Å². The molecule has 0 radical (unpaired) electrons. The van der Waals surface area contributed by atoms with Crippen molar-refractivity contribution in [3.8, 4) is 0 Å². The first-order chi connectivity index (χ1) is 8.28. The second kappa shape index (κ2) is 5.67. The van der Waals surface area contributed by atoms with Crippen LogP contribution < -0.4 is 5.73 Å². The summed E-state index contributed by atoms with van der Waals surface area (Å²) in [6, 6.07) is 0. The molecule has 1 aromatic heterocycles. The smallest absolute Gasteiger partial charge is 0.0524 e. The van der Waals surface area contributed by atoms with Crippen molar-refractivity contribution in [2.75, 3.05) is 6.54 Å². The van der Waals surface area contributed by atoms with Gasteiger partial charge in [0, 0.05) is 12.7 Å². The molecule has 3 unspecified atom stereocenters. The van der Waals surface area contributed by atoms with E-state index in [1.165, 1.54) is 31.2 Å². The predicted molar refractivity (Wildman–Crippen MR) is 70.8 cm³/mol. The van der Waals surface area contributed by atoms with E-state index in [0.717, 1.165) is 19.0 Å². The molecule has 2 N–H and O–H groups in total. The minimum Gasteiger partial charge on any atom is -0.330 e. The van der Waals surface area contributed by atoms with Gasteiger partial charge in [-0.15, -0.1) is 0 Å². The molecule has 1 fully saturated rings. The fraction of sp³-hybridized carbons (Fsp3) is 0.786. The van der Waals surface area contributed by atoms with Crippen LogP contribution in [0.25, 0.3) is 0 Å². The van der Waals surface area contributed by atoms with Gasteiger partial charge in [0.15, 0.2) is 0 Å². The largest absolute Gasteiger partial charge is 0.330 e. The summed E-state index contributed by atoms with van der Waals surface area (Å²) < 4.78 is 2.03. The SMILES string of the molecule is CCC1CCC(CN)C(c2cnn(CC)c2)C1. The summed E-state index contributed by atoms with van der Waals surface area (Å²) in [5.74, 6) is 2.18. The van der Waals surface area contributed by atoms with Gasteiger partial charge < -0.3 is 5.73 Å². The molecule has 1 aliphatic rings. The van der Waals surface area contributed by atoms with Crippen molar-refractivity contribution in [1.82, 2.24) is 9.78 Å². The third kappa shape index (κ3) is 2.71. The summed E-state index contributed by atoms with van der Waals surface area (Å²) in [4.78, 5) is 0. The molecule has 3 heteroatoms. The molecule has 1 heterocycles. The summed E-state index contributed by atoms with van der Waals surface area (Å²) in [5.41, 5.74) is 7.33. The van der Waals surface area contributed by atoms with Crippen LogP contribution >= 0.6 is 0 Å². The molecule has 1 aliphatic carbocycles. The summed E-state index contributed by atoms with van der Waals surface area (Å²) >= 11 is 0. The van der Waals surface area contributed by atoms with Crippen molar-refractivity contribution in [1.29, 1.82) is 0 Å². The zero-order valence-corrected chi connectivity index (χ0v) is 11.1. The maximum atomic E-state index is 5.93. The van der Waals surface area contributed by atoms with Gasteiger partial charge >= 0.3 is 0 Å². The highest BCUT2D eigenvalue weighted by atomic mass is 15.3. The molecule has 17 heavy (non-hydrogen) atoms. The van der Waals surface area contributed by atoms with Gasteiger partial charge in [0.05, 0.1) is 6.20 Å². The molecular weight excluding hydrogens is 210 g/mol. The first kappa shape index (κ1) is 12.6. The van der Waals surface area contributed by atoms with Crippen LogP contribution in [-0.4, -0.2) is 16.3 Å². The quantitative estimate of drug-likeness (QED) is 0.872. The van der Waals surface area contributed by atoms with Crippen LogP contribution in [0.5, 0.6) is 0 Å². The Hall–Kier alpha value is -0.830. The molecule has 3 nitrogen and oxygen atoms in total. The number of aryl methyl sites for hydroxylation is 1. The monoisotopic (exact) mass is 235 g/mol. The molecule has 0 amide bonds. The number of aromatic nitrogens is 2. The van der Waals surface area contributed by atoms with Crippen molar-refractivity contribution in [3.63, 3.8) is 0 Å². The zero-order valence-electron chi connectivity index (χ0n) is 11.1. The van der Waals surface area contributed by atoms with E-state index in [-0.39, 0.29) is 0 Å². The average molecular weight is 235 g/mol. The number of nitrogens with two attached hydrogens (primary N) is 1.